The van der Waals surface area contributed by atoms with E-state index in [2.05, 4.69) is 54.1 Å². The molecule has 1 saturated heterocycles. The van der Waals surface area contributed by atoms with Gasteiger partial charge < -0.3 is 15.5 Å². The lowest BCUT2D eigenvalue weighted by atomic mass is 9.75. The second-order valence-electron chi connectivity index (χ2n) is 9.28. The van der Waals surface area contributed by atoms with Gasteiger partial charge in [-0.05, 0) is 54.4 Å². The van der Waals surface area contributed by atoms with E-state index in [4.69, 9.17) is 4.98 Å². The molecular weight excluding hydrogens is 400 g/mol. The van der Waals surface area contributed by atoms with Gasteiger partial charge in [-0.1, -0.05) is 12.8 Å². The summed E-state index contributed by atoms with van der Waals surface area (Å²) < 4.78 is 0. The predicted octanol–water partition coefficient (Wildman–Crippen LogP) is 3.71. The fourth-order valence-corrected chi connectivity index (χ4v) is 5.67. The maximum atomic E-state index is 4.95. The van der Waals surface area contributed by atoms with Crippen LogP contribution in [0.5, 0.6) is 0 Å². The van der Waals surface area contributed by atoms with Gasteiger partial charge in [-0.3, -0.25) is 4.98 Å². The van der Waals surface area contributed by atoms with Crippen LogP contribution >= 0.6 is 0 Å². The second-order valence-corrected chi connectivity index (χ2v) is 9.28. The highest BCUT2D eigenvalue weighted by molar-refractivity contribution is 5.72. The van der Waals surface area contributed by atoms with E-state index >= 15 is 0 Å². The van der Waals surface area contributed by atoms with E-state index in [1.54, 1.807) is 0 Å². The largest absolute Gasteiger partial charge is 0.353 e. The average Bonchev–Trinajstić information content (AvgIpc) is 3.39. The van der Waals surface area contributed by atoms with Crippen molar-refractivity contribution in [2.45, 2.75) is 50.6 Å². The molecule has 32 heavy (non-hydrogen) atoms. The Morgan fingerprint density at radius 3 is 2.75 bits per heavy atom. The van der Waals surface area contributed by atoms with Gasteiger partial charge in [0, 0.05) is 56.8 Å². The Labute approximate surface area is 188 Å². The summed E-state index contributed by atoms with van der Waals surface area (Å²) in [4.78, 5) is 16.3. The Kier molecular flexibility index (Phi) is 5.30. The van der Waals surface area contributed by atoms with Crippen LogP contribution in [0.3, 0.4) is 0 Å². The van der Waals surface area contributed by atoms with Crippen LogP contribution in [0.2, 0.25) is 0 Å². The molecule has 166 valence electrons. The number of nitrogens with zero attached hydrogens (tertiary/aromatic N) is 6. The van der Waals surface area contributed by atoms with Crippen LogP contribution in [0.25, 0.3) is 11.1 Å². The van der Waals surface area contributed by atoms with Crippen LogP contribution < -0.4 is 10.6 Å². The summed E-state index contributed by atoms with van der Waals surface area (Å²) in [6.45, 7) is 3.96. The SMILES string of the molecule is C1=C(N2CCNCC2)N=NC(Nc2ncc3c(n2)C[C@H](C2CCCC2)c2cnccc2-3)C1. The van der Waals surface area contributed by atoms with Crippen LogP contribution in [0.1, 0.15) is 49.3 Å². The van der Waals surface area contributed by atoms with E-state index in [0.29, 0.717) is 11.9 Å². The van der Waals surface area contributed by atoms with Crippen molar-refractivity contribution in [3.63, 3.8) is 0 Å². The molecule has 2 fully saturated rings. The van der Waals surface area contributed by atoms with Gasteiger partial charge >= 0.3 is 0 Å². The van der Waals surface area contributed by atoms with E-state index < -0.39 is 0 Å². The van der Waals surface area contributed by atoms with Gasteiger partial charge in [-0.2, -0.15) is 5.11 Å². The molecule has 2 aromatic rings. The number of azo groups is 1. The van der Waals surface area contributed by atoms with Crippen molar-refractivity contribution in [3.05, 3.63) is 47.8 Å². The first kappa shape index (κ1) is 19.8. The van der Waals surface area contributed by atoms with Crippen LogP contribution in [0.4, 0.5) is 5.95 Å². The number of piperazine rings is 1. The van der Waals surface area contributed by atoms with Crippen molar-refractivity contribution in [1.82, 2.24) is 25.2 Å². The lowest BCUT2D eigenvalue weighted by molar-refractivity contribution is 0.289. The molecule has 0 spiro atoms. The number of anilines is 1. The summed E-state index contributed by atoms with van der Waals surface area (Å²) >= 11 is 0. The van der Waals surface area contributed by atoms with E-state index in [-0.39, 0.29) is 6.17 Å². The van der Waals surface area contributed by atoms with Gasteiger partial charge in [0.25, 0.3) is 0 Å². The minimum atomic E-state index is -0.120. The first-order valence-electron chi connectivity index (χ1n) is 12.0. The number of pyridine rings is 1. The Morgan fingerprint density at radius 2 is 1.94 bits per heavy atom. The average molecular weight is 431 g/mol. The standard InChI is InChI=1S/C24H30N8/c1-2-4-16(3-1)18-13-21-20(17-7-8-26-14-19(17)18)15-27-24(28-21)29-22-5-6-23(31-30-22)32-11-9-25-10-12-32/h6-8,14-16,18,22,25H,1-5,9-13H2,(H,27,28,29)/t18-,22?/m1/s1. The Balaban J connectivity index is 1.20. The molecule has 6 rings (SSSR count). The molecule has 0 aromatic carbocycles. The second kappa shape index (κ2) is 8.58. The first-order valence-corrected chi connectivity index (χ1v) is 12.0. The third-order valence-electron chi connectivity index (χ3n) is 7.35. The molecule has 4 heterocycles. The van der Waals surface area contributed by atoms with Crippen molar-refractivity contribution < 1.29 is 0 Å². The third kappa shape index (κ3) is 3.77. The number of rotatable bonds is 4. The molecule has 0 amide bonds. The molecular formula is C24H30N8. The minimum Gasteiger partial charge on any atom is -0.353 e. The highest BCUT2D eigenvalue weighted by Crippen LogP contribution is 2.46. The molecule has 2 aromatic heterocycles. The van der Waals surface area contributed by atoms with Gasteiger partial charge in [0.2, 0.25) is 5.95 Å². The highest BCUT2D eigenvalue weighted by Gasteiger charge is 2.33. The minimum absolute atomic E-state index is 0.120. The molecule has 1 saturated carbocycles. The predicted molar refractivity (Wildman–Crippen MR) is 123 cm³/mol. The van der Waals surface area contributed by atoms with Crippen molar-refractivity contribution in [2.24, 2.45) is 16.1 Å². The molecule has 1 unspecified atom stereocenters. The zero-order chi connectivity index (χ0) is 21.3. The van der Waals surface area contributed by atoms with E-state index in [1.165, 1.54) is 36.8 Å². The van der Waals surface area contributed by atoms with Crippen LogP contribution in [-0.2, 0) is 6.42 Å². The van der Waals surface area contributed by atoms with E-state index in [9.17, 15) is 0 Å². The molecule has 4 aliphatic rings. The highest BCUT2D eigenvalue weighted by atomic mass is 15.3. The summed E-state index contributed by atoms with van der Waals surface area (Å²) in [6.07, 6.45) is 15.1. The monoisotopic (exact) mass is 430 g/mol. The molecule has 2 N–H and O–H groups in total. The molecule has 2 aliphatic carbocycles. The maximum absolute atomic E-state index is 4.95. The van der Waals surface area contributed by atoms with Crippen molar-refractivity contribution in [2.75, 3.05) is 31.5 Å². The fraction of sp³-hybridized carbons (Fsp3) is 0.542. The fourth-order valence-electron chi connectivity index (χ4n) is 5.67. The Hall–Kier alpha value is -2.87. The normalized spacial score (nSPS) is 25.2. The maximum Gasteiger partial charge on any atom is 0.224 e. The number of hydrogen-bond donors (Lipinski definition) is 2. The first-order chi connectivity index (χ1) is 15.8. The summed E-state index contributed by atoms with van der Waals surface area (Å²) in [5, 5.41) is 15.7. The van der Waals surface area contributed by atoms with Crippen molar-refractivity contribution in [3.8, 4) is 11.1 Å². The Bertz CT molecular complexity index is 1040. The number of nitrogens with one attached hydrogen (secondary N) is 2. The lowest BCUT2D eigenvalue weighted by Crippen LogP contribution is -2.42. The van der Waals surface area contributed by atoms with Crippen LogP contribution in [0.15, 0.2) is 46.8 Å². The molecule has 0 radical (unpaired) electrons. The van der Waals surface area contributed by atoms with Crippen molar-refractivity contribution >= 4 is 5.95 Å². The van der Waals surface area contributed by atoms with Crippen LogP contribution in [0, 0.1) is 5.92 Å². The third-order valence-corrected chi connectivity index (χ3v) is 7.35. The zero-order valence-corrected chi connectivity index (χ0v) is 18.4. The summed E-state index contributed by atoms with van der Waals surface area (Å²) in [5.41, 5.74) is 4.92. The van der Waals surface area contributed by atoms with Crippen molar-refractivity contribution in [1.29, 1.82) is 0 Å². The van der Waals surface area contributed by atoms with E-state index in [0.717, 1.165) is 62.0 Å². The van der Waals surface area contributed by atoms with Gasteiger partial charge in [-0.15, -0.1) is 5.11 Å². The quantitative estimate of drug-likeness (QED) is 0.768. The molecule has 8 nitrogen and oxygen atoms in total. The lowest BCUT2D eigenvalue weighted by Gasteiger charge is -2.31. The van der Waals surface area contributed by atoms with E-state index in [1.807, 2.05) is 12.4 Å². The summed E-state index contributed by atoms with van der Waals surface area (Å²) in [7, 11) is 0. The van der Waals surface area contributed by atoms with Gasteiger partial charge in [0.15, 0.2) is 0 Å². The van der Waals surface area contributed by atoms with Crippen LogP contribution in [-0.4, -0.2) is 52.2 Å². The molecule has 8 heteroatoms. The van der Waals surface area contributed by atoms with Gasteiger partial charge in [-0.25, -0.2) is 9.97 Å². The summed E-state index contributed by atoms with van der Waals surface area (Å²) in [5.74, 6) is 2.88. The molecule has 0 bridgehead atoms. The molecule has 2 aliphatic heterocycles. The smallest absolute Gasteiger partial charge is 0.224 e. The topological polar surface area (TPSA) is 90.7 Å². The number of fused-ring (bicyclic) bond motifs is 3. The summed E-state index contributed by atoms with van der Waals surface area (Å²) in [6, 6.07) is 2.13. The Morgan fingerprint density at radius 1 is 1.06 bits per heavy atom. The molecule has 2 atom stereocenters. The zero-order valence-electron chi connectivity index (χ0n) is 18.4. The number of aromatic nitrogens is 3. The van der Waals surface area contributed by atoms with Gasteiger partial charge in [0.05, 0.1) is 5.69 Å². The van der Waals surface area contributed by atoms with Gasteiger partial charge in [0.1, 0.15) is 12.0 Å². The number of hydrogen-bond acceptors (Lipinski definition) is 8.